The van der Waals surface area contributed by atoms with Gasteiger partial charge in [-0.15, -0.1) is 11.3 Å². The first kappa shape index (κ1) is 17.1. The second-order valence-corrected chi connectivity index (χ2v) is 7.52. The monoisotopic (exact) mass is 345 g/mol. The summed E-state index contributed by atoms with van der Waals surface area (Å²) < 4.78 is 0. The summed E-state index contributed by atoms with van der Waals surface area (Å²) in [5, 5.41) is 13.9. The quantitative estimate of drug-likeness (QED) is 0.871. The Morgan fingerprint density at radius 3 is 2.79 bits per heavy atom. The molecule has 0 aliphatic carbocycles. The number of hydrogen-bond acceptors (Lipinski definition) is 5. The summed E-state index contributed by atoms with van der Waals surface area (Å²) in [6, 6.07) is 10.4. The van der Waals surface area contributed by atoms with Gasteiger partial charge in [-0.05, 0) is 25.8 Å². The van der Waals surface area contributed by atoms with Crippen LogP contribution < -0.4 is 5.32 Å². The van der Waals surface area contributed by atoms with E-state index in [0.717, 1.165) is 17.2 Å². The third-order valence-corrected chi connectivity index (χ3v) is 5.41. The van der Waals surface area contributed by atoms with Crippen LogP contribution in [0.15, 0.2) is 30.3 Å². The number of rotatable bonds is 5. The fourth-order valence-corrected chi connectivity index (χ4v) is 4.05. The fourth-order valence-electron chi connectivity index (χ4n) is 3.21. The van der Waals surface area contributed by atoms with E-state index in [1.165, 1.54) is 16.9 Å². The molecule has 1 aromatic heterocycles. The van der Waals surface area contributed by atoms with Crippen molar-refractivity contribution in [2.45, 2.75) is 39.0 Å². The molecule has 2 unspecified atom stereocenters. The van der Waals surface area contributed by atoms with Crippen LogP contribution in [-0.4, -0.2) is 46.1 Å². The van der Waals surface area contributed by atoms with Gasteiger partial charge in [0.05, 0.1) is 16.8 Å². The first-order chi connectivity index (χ1) is 11.5. The minimum Gasteiger partial charge on any atom is -0.392 e. The van der Waals surface area contributed by atoms with Gasteiger partial charge < -0.3 is 10.4 Å². The number of thiazole rings is 1. The van der Waals surface area contributed by atoms with Gasteiger partial charge in [-0.3, -0.25) is 9.69 Å². The predicted molar refractivity (Wildman–Crippen MR) is 95.2 cm³/mol. The summed E-state index contributed by atoms with van der Waals surface area (Å²) in [6.45, 7) is 5.74. The Labute approximate surface area is 146 Å². The fraction of sp³-hybridized carbons (Fsp3) is 0.444. The molecule has 1 aromatic carbocycles. The number of aryl methyl sites for hydroxylation is 2. The van der Waals surface area contributed by atoms with Gasteiger partial charge >= 0.3 is 0 Å². The number of aromatic nitrogens is 1. The van der Waals surface area contributed by atoms with E-state index in [1.807, 2.05) is 32.0 Å². The lowest BCUT2D eigenvalue weighted by atomic mass is 10.1. The zero-order valence-corrected chi connectivity index (χ0v) is 14.8. The maximum absolute atomic E-state index is 12.4. The molecule has 0 radical (unpaired) electrons. The largest absolute Gasteiger partial charge is 0.392 e. The number of aliphatic hydroxyl groups is 1. The number of β-amino-alcohol motifs (C(OH)–C–C–N with tert-alkyl or cyclic N) is 1. The Balaban J connectivity index is 1.60. The van der Waals surface area contributed by atoms with Crippen LogP contribution in [0.3, 0.4) is 0 Å². The average Bonchev–Trinajstić information content (AvgIpc) is 3.07. The molecule has 2 heterocycles. The lowest BCUT2D eigenvalue weighted by Gasteiger charge is -2.24. The Bertz CT molecular complexity index is 702. The van der Waals surface area contributed by atoms with Crippen LogP contribution in [-0.2, 0) is 6.54 Å². The highest BCUT2D eigenvalue weighted by Crippen LogP contribution is 2.21. The van der Waals surface area contributed by atoms with Crippen molar-refractivity contribution >= 4 is 17.2 Å². The summed E-state index contributed by atoms with van der Waals surface area (Å²) in [5.41, 5.74) is 2.00. The van der Waals surface area contributed by atoms with Gasteiger partial charge in [0.2, 0.25) is 0 Å². The molecular weight excluding hydrogens is 322 g/mol. The van der Waals surface area contributed by atoms with E-state index in [1.54, 1.807) is 0 Å². The normalized spacial score (nSPS) is 21.1. The molecule has 24 heavy (non-hydrogen) atoms. The molecule has 2 atom stereocenters. The van der Waals surface area contributed by atoms with E-state index in [9.17, 15) is 9.90 Å². The summed E-state index contributed by atoms with van der Waals surface area (Å²) in [5.74, 6) is -0.0702. The summed E-state index contributed by atoms with van der Waals surface area (Å²) in [7, 11) is 0. The number of likely N-dealkylation sites (tertiary alicyclic amines) is 1. The van der Waals surface area contributed by atoms with Crippen LogP contribution in [0, 0.1) is 13.8 Å². The molecule has 0 bridgehead atoms. The van der Waals surface area contributed by atoms with Crippen molar-refractivity contribution in [1.82, 2.24) is 15.2 Å². The van der Waals surface area contributed by atoms with E-state index in [2.05, 4.69) is 27.3 Å². The van der Waals surface area contributed by atoms with Crippen molar-refractivity contribution < 1.29 is 9.90 Å². The van der Waals surface area contributed by atoms with Gasteiger partial charge in [-0.2, -0.15) is 0 Å². The second-order valence-electron chi connectivity index (χ2n) is 6.32. The molecule has 2 N–H and O–H groups in total. The average molecular weight is 345 g/mol. The minimum atomic E-state index is -0.331. The van der Waals surface area contributed by atoms with Gasteiger partial charge in [0.15, 0.2) is 0 Å². The zero-order valence-electron chi connectivity index (χ0n) is 14.0. The van der Waals surface area contributed by atoms with E-state index < -0.39 is 0 Å². The minimum absolute atomic E-state index is 0.0702. The van der Waals surface area contributed by atoms with E-state index in [4.69, 9.17) is 0 Å². The molecule has 1 fully saturated rings. The summed E-state index contributed by atoms with van der Waals surface area (Å²) >= 11 is 1.42. The summed E-state index contributed by atoms with van der Waals surface area (Å²) in [6.07, 6.45) is 0.358. The number of hydrogen-bond donors (Lipinski definition) is 2. The molecule has 1 saturated heterocycles. The van der Waals surface area contributed by atoms with E-state index >= 15 is 0 Å². The molecule has 0 saturated carbocycles. The van der Waals surface area contributed by atoms with Crippen LogP contribution in [0.1, 0.15) is 32.4 Å². The van der Waals surface area contributed by atoms with Crippen LogP contribution in [0.4, 0.5) is 0 Å². The highest BCUT2D eigenvalue weighted by molar-refractivity contribution is 7.13. The lowest BCUT2D eigenvalue weighted by molar-refractivity contribution is 0.0943. The third-order valence-electron chi connectivity index (χ3n) is 4.34. The van der Waals surface area contributed by atoms with Gasteiger partial charge in [-0.1, -0.05) is 30.3 Å². The molecule has 1 amide bonds. The number of aliphatic hydroxyl groups excluding tert-OH is 1. The molecule has 0 spiro atoms. The van der Waals surface area contributed by atoms with Gasteiger partial charge in [0.1, 0.15) is 4.88 Å². The maximum atomic E-state index is 12.4. The van der Waals surface area contributed by atoms with Gasteiger partial charge in [0, 0.05) is 25.7 Å². The van der Waals surface area contributed by atoms with Crippen LogP contribution in [0.2, 0.25) is 0 Å². The van der Waals surface area contributed by atoms with Crippen molar-refractivity contribution in [3.05, 3.63) is 51.5 Å². The molecule has 128 valence electrons. The predicted octanol–water partition coefficient (Wildman–Crippen LogP) is 2.13. The molecule has 6 heteroatoms. The number of amides is 1. The van der Waals surface area contributed by atoms with Crippen molar-refractivity contribution in [3.8, 4) is 0 Å². The Morgan fingerprint density at radius 1 is 1.38 bits per heavy atom. The topological polar surface area (TPSA) is 65.5 Å². The number of nitrogens with zero attached hydrogens (tertiary/aromatic N) is 2. The highest BCUT2D eigenvalue weighted by Gasteiger charge is 2.31. The number of carbonyl (C=O) groups is 1. The van der Waals surface area contributed by atoms with E-state index in [0.29, 0.717) is 24.4 Å². The van der Waals surface area contributed by atoms with Crippen molar-refractivity contribution in [2.75, 3.05) is 13.1 Å². The number of nitrogens with one attached hydrogen (secondary N) is 1. The Morgan fingerprint density at radius 2 is 2.12 bits per heavy atom. The van der Waals surface area contributed by atoms with Crippen LogP contribution in [0.5, 0.6) is 0 Å². The highest BCUT2D eigenvalue weighted by atomic mass is 32.1. The van der Waals surface area contributed by atoms with Crippen molar-refractivity contribution in [3.63, 3.8) is 0 Å². The van der Waals surface area contributed by atoms with Crippen molar-refractivity contribution in [2.24, 2.45) is 0 Å². The Hall–Kier alpha value is -1.76. The SMILES string of the molecule is Cc1nc(C)c(C(=O)NCC2CC(O)CN2Cc2ccccc2)s1. The first-order valence-electron chi connectivity index (χ1n) is 8.21. The second kappa shape index (κ2) is 7.42. The molecule has 1 aliphatic heterocycles. The first-order valence-corrected chi connectivity index (χ1v) is 9.03. The number of carbonyl (C=O) groups excluding carboxylic acids is 1. The van der Waals surface area contributed by atoms with Crippen LogP contribution >= 0.6 is 11.3 Å². The molecular formula is C18H23N3O2S. The third kappa shape index (κ3) is 4.01. The lowest BCUT2D eigenvalue weighted by Crippen LogP contribution is -2.39. The smallest absolute Gasteiger partial charge is 0.263 e. The zero-order chi connectivity index (χ0) is 17.1. The molecule has 1 aliphatic rings. The molecule has 5 nitrogen and oxygen atoms in total. The van der Waals surface area contributed by atoms with Gasteiger partial charge in [-0.25, -0.2) is 4.98 Å². The summed E-state index contributed by atoms with van der Waals surface area (Å²) in [4.78, 5) is 19.6. The van der Waals surface area contributed by atoms with Crippen molar-refractivity contribution in [1.29, 1.82) is 0 Å². The molecule has 2 aromatic rings. The Kier molecular flexibility index (Phi) is 5.28. The standard InChI is InChI=1S/C18H23N3O2S/c1-12-17(24-13(2)20-12)18(23)19-9-15-8-16(22)11-21(15)10-14-6-4-3-5-7-14/h3-7,15-16,22H,8-11H2,1-2H3,(H,19,23). The van der Waals surface area contributed by atoms with Crippen LogP contribution in [0.25, 0.3) is 0 Å². The van der Waals surface area contributed by atoms with E-state index in [-0.39, 0.29) is 18.1 Å². The van der Waals surface area contributed by atoms with Gasteiger partial charge in [0.25, 0.3) is 5.91 Å². The maximum Gasteiger partial charge on any atom is 0.263 e. The number of benzene rings is 1. The molecule has 3 rings (SSSR count).